The largest absolute Gasteiger partial charge is 0.276 e. The highest BCUT2D eigenvalue weighted by Crippen LogP contribution is 2.23. The van der Waals surface area contributed by atoms with Crippen molar-refractivity contribution in [1.82, 2.24) is 9.97 Å². The third-order valence-electron chi connectivity index (χ3n) is 2.38. The maximum atomic E-state index is 6.00. The van der Waals surface area contributed by atoms with Crippen molar-refractivity contribution in [2.75, 3.05) is 0 Å². The van der Waals surface area contributed by atoms with E-state index in [1.807, 2.05) is 25.5 Å². The van der Waals surface area contributed by atoms with Gasteiger partial charge in [-0.05, 0) is 25.4 Å². The van der Waals surface area contributed by atoms with Crippen molar-refractivity contribution in [3.05, 3.63) is 22.7 Å². The molecular weight excluding hydrogens is 186 g/mol. The molecule has 0 aliphatic rings. The summed E-state index contributed by atoms with van der Waals surface area (Å²) in [7, 11) is 1.95. The summed E-state index contributed by atoms with van der Waals surface area (Å²) in [6.07, 6.45) is 1.71. The summed E-state index contributed by atoms with van der Waals surface area (Å²) in [4.78, 5) is 7.36. The van der Waals surface area contributed by atoms with Gasteiger partial charge in [-0.3, -0.25) is 4.98 Å². The number of H-pyrrole nitrogens is 1. The van der Waals surface area contributed by atoms with Crippen molar-refractivity contribution in [2.24, 2.45) is 7.05 Å². The molecule has 0 aliphatic carbocycles. The Balaban J connectivity index is 3.00. The molecule has 2 aromatic heterocycles. The van der Waals surface area contributed by atoms with Gasteiger partial charge in [-0.25, -0.2) is 4.57 Å². The first-order valence-electron chi connectivity index (χ1n) is 4.10. The Morgan fingerprint density at radius 3 is 2.77 bits per heavy atom. The normalized spacial score (nSPS) is 11.1. The fourth-order valence-electron chi connectivity index (χ4n) is 1.48. The minimum absolute atomic E-state index is 0.565. The molecule has 2 rings (SSSR count). The maximum Gasteiger partial charge on any atom is 0.238 e. The number of rotatable bonds is 0. The van der Waals surface area contributed by atoms with Crippen LogP contribution in [0.15, 0.2) is 6.33 Å². The smallest absolute Gasteiger partial charge is 0.238 e. The molecule has 0 radical (unpaired) electrons. The first-order valence-corrected chi connectivity index (χ1v) is 4.48. The zero-order valence-corrected chi connectivity index (χ0v) is 8.61. The van der Waals surface area contributed by atoms with E-state index in [0.717, 1.165) is 16.7 Å². The van der Waals surface area contributed by atoms with E-state index in [1.165, 1.54) is 5.56 Å². The van der Waals surface area contributed by atoms with Crippen LogP contribution in [0.4, 0.5) is 0 Å². The number of hydrogen-bond acceptors (Lipinski definition) is 1. The van der Waals surface area contributed by atoms with Gasteiger partial charge >= 0.3 is 0 Å². The van der Waals surface area contributed by atoms with Crippen molar-refractivity contribution < 1.29 is 4.57 Å². The Kier molecular flexibility index (Phi) is 1.77. The number of nitrogens with zero attached hydrogens (tertiary/aromatic N) is 2. The van der Waals surface area contributed by atoms with Crippen molar-refractivity contribution in [3.8, 4) is 0 Å². The summed E-state index contributed by atoms with van der Waals surface area (Å²) in [6, 6.07) is 0. The van der Waals surface area contributed by atoms with Crippen molar-refractivity contribution >= 4 is 22.6 Å². The van der Waals surface area contributed by atoms with E-state index in [0.29, 0.717) is 5.15 Å². The minimum Gasteiger partial charge on any atom is -0.276 e. The van der Waals surface area contributed by atoms with Crippen LogP contribution in [0.2, 0.25) is 5.15 Å². The first kappa shape index (κ1) is 8.51. The fraction of sp³-hybridized carbons (Fsp3) is 0.333. The molecule has 0 unspecified atom stereocenters. The Hall–Kier alpha value is -1.09. The monoisotopic (exact) mass is 196 g/mol. The Bertz CT molecular complexity index is 473. The van der Waals surface area contributed by atoms with Crippen LogP contribution in [0.3, 0.4) is 0 Å². The summed E-state index contributed by atoms with van der Waals surface area (Å²) in [6.45, 7) is 4.08. The van der Waals surface area contributed by atoms with Gasteiger partial charge in [0.2, 0.25) is 17.1 Å². The van der Waals surface area contributed by atoms with Crippen LogP contribution < -0.4 is 4.57 Å². The number of halogens is 1. The Labute approximate surface area is 81.4 Å². The zero-order valence-electron chi connectivity index (χ0n) is 7.85. The molecule has 2 heterocycles. The molecule has 4 heteroatoms. The highest BCUT2D eigenvalue weighted by atomic mass is 35.5. The lowest BCUT2D eigenvalue weighted by Crippen LogP contribution is -2.29. The van der Waals surface area contributed by atoms with Gasteiger partial charge in [0.15, 0.2) is 0 Å². The zero-order chi connectivity index (χ0) is 9.59. The summed E-state index contributed by atoms with van der Waals surface area (Å²) < 4.78 is 1.93. The van der Waals surface area contributed by atoms with Crippen LogP contribution in [0.1, 0.15) is 11.3 Å². The summed E-state index contributed by atoms with van der Waals surface area (Å²) in [5.41, 5.74) is 3.33. The average Bonchev–Trinajstić information content (AvgIpc) is 2.38. The molecule has 1 N–H and O–H groups in total. The van der Waals surface area contributed by atoms with Crippen LogP contribution in [0.5, 0.6) is 0 Å². The van der Waals surface area contributed by atoms with Crippen LogP contribution in [-0.2, 0) is 7.05 Å². The second kappa shape index (κ2) is 2.70. The molecule has 0 aliphatic heterocycles. The SMILES string of the molecule is Cc1[nH]c2c(c(Cl)nc[n+]2C)c1C. The number of hydrogen-bond donors (Lipinski definition) is 1. The van der Waals surface area contributed by atoms with Gasteiger partial charge in [-0.2, -0.15) is 0 Å². The van der Waals surface area contributed by atoms with Crippen LogP contribution >= 0.6 is 11.6 Å². The first-order chi connectivity index (χ1) is 6.11. The third kappa shape index (κ3) is 1.11. The van der Waals surface area contributed by atoms with Gasteiger partial charge < -0.3 is 0 Å². The van der Waals surface area contributed by atoms with Gasteiger partial charge in [0.25, 0.3) is 0 Å². The molecule has 0 bridgehead atoms. The Morgan fingerprint density at radius 1 is 1.46 bits per heavy atom. The molecule has 0 fully saturated rings. The van der Waals surface area contributed by atoms with Gasteiger partial charge in [0.1, 0.15) is 5.39 Å². The van der Waals surface area contributed by atoms with E-state index in [-0.39, 0.29) is 0 Å². The molecule has 0 saturated carbocycles. The summed E-state index contributed by atoms with van der Waals surface area (Å²) in [5, 5.41) is 1.58. The van der Waals surface area contributed by atoms with Gasteiger partial charge in [0.05, 0.1) is 12.7 Å². The van der Waals surface area contributed by atoms with E-state index in [2.05, 4.69) is 9.97 Å². The van der Waals surface area contributed by atoms with E-state index in [4.69, 9.17) is 11.6 Å². The van der Waals surface area contributed by atoms with E-state index < -0.39 is 0 Å². The highest BCUT2D eigenvalue weighted by Gasteiger charge is 2.16. The van der Waals surface area contributed by atoms with E-state index >= 15 is 0 Å². The van der Waals surface area contributed by atoms with Crippen LogP contribution in [0, 0.1) is 13.8 Å². The van der Waals surface area contributed by atoms with Gasteiger partial charge in [-0.15, -0.1) is 0 Å². The quantitative estimate of drug-likeness (QED) is 0.505. The lowest BCUT2D eigenvalue weighted by atomic mass is 10.2. The fourth-order valence-corrected chi connectivity index (χ4v) is 1.75. The predicted octanol–water partition coefficient (Wildman–Crippen LogP) is 1.66. The number of aryl methyl sites for hydroxylation is 3. The lowest BCUT2D eigenvalue weighted by molar-refractivity contribution is -0.649. The molecule has 0 amide bonds. The minimum atomic E-state index is 0.565. The highest BCUT2D eigenvalue weighted by molar-refractivity contribution is 6.34. The molecule has 0 aromatic carbocycles. The van der Waals surface area contributed by atoms with Crippen LogP contribution in [0.25, 0.3) is 11.0 Å². The second-order valence-corrected chi connectivity index (χ2v) is 3.60. The summed E-state index contributed by atoms with van der Waals surface area (Å²) >= 11 is 6.00. The summed E-state index contributed by atoms with van der Waals surface area (Å²) in [5.74, 6) is 0. The Morgan fingerprint density at radius 2 is 2.15 bits per heavy atom. The van der Waals surface area contributed by atoms with Gasteiger partial charge in [-0.1, -0.05) is 4.98 Å². The van der Waals surface area contributed by atoms with E-state index in [9.17, 15) is 0 Å². The lowest BCUT2D eigenvalue weighted by Gasteiger charge is -1.92. The standard InChI is InChI=1S/C9H10ClN3/c1-5-6(2)12-9-7(5)8(10)11-4-13(9)3/h4H,1-3H3/p+1. The number of nitrogens with one attached hydrogen (secondary N) is 1. The number of fused-ring (bicyclic) bond motifs is 1. The molecule has 0 saturated heterocycles. The molecular formula is C9H11ClN3+. The second-order valence-electron chi connectivity index (χ2n) is 3.24. The molecule has 0 atom stereocenters. The molecule has 2 aromatic rings. The predicted molar refractivity (Wildman–Crippen MR) is 51.8 cm³/mol. The third-order valence-corrected chi connectivity index (χ3v) is 2.67. The van der Waals surface area contributed by atoms with Crippen LogP contribution in [-0.4, -0.2) is 9.97 Å². The van der Waals surface area contributed by atoms with Crippen molar-refractivity contribution in [2.45, 2.75) is 13.8 Å². The molecule has 3 nitrogen and oxygen atoms in total. The maximum absolute atomic E-state index is 6.00. The number of aromatic amines is 1. The van der Waals surface area contributed by atoms with Gasteiger partial charge in [0, 0.05) is 5.56 Å². The average molecular weight is 197 g/mol. The molecule has 68 valence electrons. The number of aromatic nitrogens is 3. The topological polar surface area (TPSA) is 32.6 Å². The van der Waals surface area contributed by atoms with Crippen molar-refractivity contribution in [3.63, 3.8) is 0 Å². The molecule has 13 heavy (non-hydrogen) atoms. The van der Waals surface area contributed by atoms with E-state index in [1.54, 1.807) is 6.33 Å². The van der Waals surface area contributed by atoms with Crippen molar-refractivity contribution in [1.29, 1.82) is 0 Å². The molecule has 0 spiro atoms.